The predicted molar refractivity (Wildman–Crippen MR) is 87.6 cm³/mol. The number of nitrogens with zero attached hydrogens (tertiary/aromatic N) is 2. The number of rotatable bonds is 6. The molecular weight excluding hydrogens is 332 g/mol. The van der Waals surface area contributed by atoms with Gasteiger partial charge in [0.2, 0.25) is 5.91 Å². The van der Waals surface area contributed by atoms with Crippen molar-refractivity contribution in [1.82, 2.24) is 9.55 Å². The van der Waals surface area contributed by atoms with E-state index in [9.17, 15) is 19.8 Å². The van der Waals surface area contributed by atoms with Gasteiger partial charge < -0.3 is 31.1 Å². The van der Waals surface area contributed by atoms with E-state index in [2.05, 4.69) is 10.3 Å². The Bertz CT molecular complexity index is 664. The maximum atomic E-state index is 12.1. The van der Waals surface area contributed by atoms with Crippen molar-refractivity contribution >= 4 is 11.7 Å². The summed E-state index contributed by atoms with van der Waals surface area (Å²) in [6.45, 7) is 3.37. The van der Waals surface area contributed by atoms with Crippen LogP contribution in [0.3, 0.4) is 0 Å². The highest BCUT2D eigenvalue weighted by molar-refractivity contribution is 5.93. The Morgan fingerprint density at radius 1 is 1.44 bits per heavy atom. The van der Waals surface area contributed by atoms with Crippen LogP contribution in [-0.4, -0.2) is 61.7 Å². The van der Waals surface area contributed by atoms with Crippen molar-refractivity contribution in [3.8, 4) is 0 Å². The summed E-state index contributed by atoms with van der Waals surface area (Å²) in [5.41, 5.74) is 4.98. The van der Waals surface area contributed by atoms with E-state index in [1.807, 2.05) is 13.8 Å². The molecule has 1 fully saturated rings. The average molecular weight is 356 g/mol. The molecule has 0 aliphatic carbocycles. The Balaban J connectivity index is 2.11. The van der Waals surface area contributed by atoms with Gasteiger partial charge in [-0.2, -0.15) is 4.98 Å². The van der Waals surface area contributed by atoms with E-state index in [0.717, 1.165) is 4.57 Å². The maximum absolute atomic E-state index is 12.1. The molecule has 6 N–H and O–H groups in total. The second-order valence-electron chi connectivity index (χ2n) is 6.46. The minimum Gasteiger partial charge on any atom is -0.394 e. The van der Waals surface area contributed by atoms with Crippen molar-refractivity contribution < 1.29 is 24.9 Å². The molecule has 1 aliphatic rings. The summed E-state index contributed by atoms with van der Waals surface area (Å²) >= 11 is 0. The minimum absolute atomic E-state index is 0.0252. The van der Waals surface area contributed by atoms with Gasteiger partial charge in [-0.25, -0.2) is 4.79 Å². The largest absolute Gasteiger partial charge is 0.394 e. The molecule has 140 valence electrons. The van der Waals surface area contributed by atoms with Crippen molar-refractivity contribution in [3.63, 3.8) is 0 Å². The highest BCUT2D eigenvalue weighted by Gasteiger charge is 2.43. The van der Waals surface area contributed by atoms with Gasteiger partial charge >= 0.3 is 5.69 Å². The first kappa shape index (κ1) is 19.5. The zero-order valence-corrected chi connectivity index (χ0v) is 14.1. The van der Waals surface area contributed by atoms with Crippen LogP contribution < -0.4 is 16.7 Å². The number of ether oxygens (including phenoxy) is 1. The maximum Gasteiger partial charge on any atom is 0.351 e. The molecule has 0 bridgehead atoms. The number of carbonyl (C=O) groups excluding carboxylic acids is 1. The number of carbonyl (C=O) groups is 1. The van der Waals surface area contributed by atoms with Gasteiger partial charge in [0, 0.05) is 6.20 Å². The first-order valence-corrected chi connectivity index (χ1v) is 8.02. The van der Waals surface area contributed by atoms with Crippen LogP contribution in [-0.2, 0) is 9.53 Å². The molecule has 1 saturated heterocycles. The van der Waals surface area contributed by atoms with Crippen molar-refractivity contribution in [2.75, 3.05) is 11.9 Å². The lowest BCUT2D eigenvalue weighted by Crippen LogP contribution is -2.38. The van der Waals surface area contributed by atoms with E-state index >= 15 is 0 Å². The topological polar surface area (TPSA) is 160 Å². The van der Waals surface area contributed by atoms with Crippen molar-refractivity contribution in [1.29, 1.82) is 0 Å². The van der Waals surface area contributed by atoms with Gasteiger partial charge in [0.15, 0.2) is 6.23 Å². The van der Waals surface area contributed by atoms with Crippen LogP contribution in [0.4, 0.5) is 5.82 Å². The Hall–Kier alpha value is -1.85. The number of aliphatic hydroxyl groups is 3. The highest BCUT2D eigenvalue weighted by Crippen LogP contribution is 2.28. The molecule has 5 atom stereocenters. The van der Waals surface area contributed by atoms with Crippen LogP contribution in [0.5, 0.6) is 0 Å². The third kappa shape index (κ3) is 4.41. The van der Waals surface area contributed by atoms with Crippen molar-refractivity contribution in [3.05, 3.63) is 22.7 Å². The highest BCUT2D eigenvalue weighted by atomic mass is 16.6. The van der Waals surface area contributed by atoms with Crippen molar-refractivity contribution in [2.24, 2.45) is 11.7 Å². The summed E-state index contributed by atoms with van der Waals surface area (Å²) in [7, 11) is 0. The fraction of sp³-hybridized carbons (Fsp3) is 0.667. The number of anilines is 1. The molecule has 1 aliphatic heterocycles. The molecule has 25 heavy (non-hydrogen) atoms. The van der Waals surface area contributed by atoms with E-state index in [1.54, 1.807) is 0 Å². The molecule has 2 heterocycles. The molecule has 1 aromatic heterocycles. The van der Waals surface area contributed by atoms with Gasteiger partial charge in [-0.05, 0) is 18.4 Å². The normalized spacial score (nSPS) is 27.5. The Morgan fingerprint density at radius 3 is 2.64 bits per heavy atom. The fourth-order valence-electron chi connectivity index (χ4n) is 2.62. The predicted octanol–water partition coefficient (Wildman–Crippen LogP) is -1.83. The van der Waals surface area contributed by atoms with Gasteiger partial charge in [0.05, 0.1) is 12.6 Å². The lowest BCUT2D eigenvalue weighted by Gasteiger charge is -2.18. The van der Waals surface area contributed by atoms with Gasteiger partial charge in [-0.3, -0.25) is 9.36 Å². The van der Waals surface area contributed by atoms with E-state index < -0.39 is 48.8 Å². The van der Waals surface area contributed by atoms with Gasteiger partial charge in [-0.1, -0.05) is 13.8 Å². The van der Waals surface area contributed by atoms with Crippen LogP contribution in [0, 0.1) is 5.92 Å². The summed E-state index contributed by atoms with van der Waals surface area (Å²) < 4.78 is 6.25. The quantitative estimate of drug-likeness (QED) is 0.398. The fourth-order valence-corrected chi connectivity index (χ4v) is 2.62. The Morgan fingerprint density at radius 2 is 2.12 bits per heavy atom. The number of hydrogen-bond acceptors (Lipinski definition) is 8. The number of aromatic nitrogens is 2. The molecular formula is C15H24N4O6. The monoisotopic (exact) mass is 356 g/mol. The standard InChI is InChI=1S/C15H24N4O6/c1-7(2)5-8(16)13(23)17-10-3-4-19(15(24)18-10)14-12(22)11(21)9(6-20)25-14/h3-4,7-9,11-12,14,20-22H,5-6,16H2,1-2H3,(H,17,18,23,24)/t8?,9-,11-,12+,14-/m1/s1. The summed E-state index contributed by atoms with van der Waals surface area (Å²) in [5, 5.41) is 31.2. The van der Waals surface area contributed by atoms with Gasteiger partial charge in [0.1, 0.15) is 24.1 Å². The zero-order valence-electron chi connectivity index (χ0n) is 14.1. The molecule has 10 heteroatoms. The third-order valence-corrected chi connectivity index (χ3v) is 3.93. The van der Waals surface area contributed by atoms with Crippen LogP contribution in [0.25, 0.3) is 0 Å². The SMILES string of the molecule is CC(C)CC(N)C(=O)Nc1ccn([C@@H]2O[C@H](CO)[C@@H](O)[C@@H]2O)c(=O)n1. The van der Waals surface area contributed by atoms with E-state index in [-0.39, 0.29) is 11.7 Å². The van der Waals surface area contributed by atoms with Crippen LogP contribution in [0.2, 0.25) is 0 Å². The van der Waals surface area contributed by atoms with Crippen LogP contribution in [0.1, 0.15) is 26.5 Å². The Kier molecular flexibility index (Phi) is 6.25. The first-order valence-electron chi connectivity index (χ1n) is 8.02. The third-order valence-electron chi connectivity index (χ3n) is 3.93. The summed E-state index contributed by atoms with van der Waals surface area (Å²) in [5.74, 6) is -0.183. The summed E-state index contributed by atoms with van der Waals surface area (Å²) in [4.78, 5) is 27.8. The van der Waals surface area contributed by atoms with Gasteiger partial charge in [-0.15, -0.1) is 0 Å². The molecule has 1 aromatic rings. The average Bonchev–Trinajstić information content (AvgIpc) is 2.82. The molecule has 0 aromatic carbocycles. The van der Waals surface area contributed by atoms with E-state index in [4.69, 9.17) is 15.6 Å². The number of nitrogens with one attached hydrogen (secondary N) is 1. The van der Waals surface area contributed by atoms with Crippen LogP contribution in [0.15, 0.2) is 17.1 Å². The lowest BCUT2D eigenvalue weighted by molar-refractivity contribution is -0.117. The molecule has 1 amide bonds. The summed E-state index contributed by atoms with van der Waals surface area (Å²) in [6, 6.07) is 0.639. The molecule has 0 spiro atoms. The number of nitrogens with two attached hydrogens (primary N) is 1. The smallest absolute Gasteiger partial charge is 0.351 e. The number of amides is 1. The zero-order chi connectivity index (χ0) is 18.7. The lowest BCUT2D eigenvalue weighted by atomic mass is 10.0. The van der Waals surface area contributed by atoms with E-state index in [1.165, 1.54) is 12.3 Å². The first-order chi connectivity index (χ1) is 11.7. The molecule has 0 radical (unpaired) electrons. The minimum atomic E-state index is -1.39. The summed E-state index contributed by atoms with van der Waals surface area (Å²) in [6.07, 6.45) is -3.13. The molecule has 0 saturated carbocycles. The Labute approximate surface area is 144 Å². The molecule has 2 rings (SSSR count). The second kappa shape index (κ2) is 8.02. The number of hydrogen-bond donors (Lipinski definition) is 5. The van der Waals surface area contributed by atoms with Gasteiger partial charge in [0.25, 0.3) is 0 Å². The van der Waals surface area contributed by atoms with E-state index in [0.29, 0.717) is 6.42 Å². The second-order valence-corrected chi connectivity index (χ2v) is 6.46. The number of aliphatic hydroxyl groups excluding tert-OH is 3. The molecule has 1 unspecified atom stereocenters. The molecule has 10 nitrogen and oxygen atoms in total. The van der Waals surface area contributed by atoms with Crippen molar-refractivity contribution in [2.45, 2.75) is 50.8 Å². The van der Waals surface area contributed by atoms with Crippen LogP contribution >= 0.6 is 0 Å².